The molecule has 1 saturated carbocycles. The molecule has 1 saturated heterocycles. The molecular formula is C37H35N5O3. The first-order chi connectivity index (χ1) is 21.8. The van der Waals surface area contributed by atoms with Crippen LogP contribution in [0.5, 0.6) is 0 Å². The number of pyridine rings is 2. The number of aldehydes is 1. The van der Waals surface area contributed by atoms with Gasteiger partial charge in [-0.05, 0) is 103 Å². The molecule has 8 nitrogen and oxygen atoms in total. The Morgan fingerprint density at radius 3 is 2.60 bits per heavy atom. The second-order valence-electron chi connectivity index (χ2n) is 12.0. The summed E-state index contributed by atoms with van der Waals surface area (Å²) in [5.41, 5.74) is 9.11. The number of carbonyl (C=O) groups excluding carboxylic acids is 2. The van der Waals surface area contributed by atoms with Gasteiger partial charge in [-0.15, -0.1) is 0 Å². The molecule has 6 rings (SSSR count). The molecule has 2 fully saturated rings. The number of hydrogen-bond donors (Lipinski definition) is 2. The molecule has 1 atom stereocenters. The standard InChI is InChI=1S/C37H35N5O3/c1-23-16-27(32(26-7-8-26)17-28(23)22-43)9-11-35-33(18-38)31(12-14-39-35)30-4-3-5-34(24(30)2)41-37(45)36-10-6-25(19-40-36)20-42-15-13-29(44)21-42/h3-6,9-12,14,16-17,19,22,26,29,44H,7-8,13,15,20-21H2,1-2H3,(H,41,45)/b11-9+/t29-/m1/s1. The number of aliphatic hydroxyl groups is 1. The number of aryl methyl sites for hydroxylation is 1. The molecule has 2 N–H and O–H groups in total. The number of benzene rings is 2. The number of amides is 1. The van der Waals surface area contributed by atoms with Crippen LogP contribution in [-0.4, -0.2) is 51.4 Å². The molecule has 0 spiro atoms. The zero-order chi connectivity index (χ0) is 31.5. The number of anilines is 1. The summed E-state index contributed by atoms with van der Waals surface area (Å²) in [5, 5.41) is 23.0. The lowest BCUT2D eigenvalue weighted by Crippen LogP contribution is -2.21. The number of nitrogens with one attached hydrogen (secondary N) is 1. The Labute approximate surface area is 263 Å². The molecule has 1 aliphatic heterocycles. The van der Waals surface area contributed by atoms with Gasteiger partial charge in [0, 0.05) is 48.8 Å². The Bertz CT molecular complexity index is 1840. The van der Waals surface area contributed by atoms with Gasteiger partial charge in [-0.1, -0.05) is 30.3 Å². The van der Waals surface area contributed by atoms with Gasteiger partial charge in [0.25, 0.3) is 5.91 Å². The molecule has 0 radical (unpaired) electrons. The summed E-state index contributed by atoms with van der Waals surface area (Å²) in [5.74, 6) is 0.136. The van der Waals surface area contributed by atoms with Crippen molar-refractivity contribution in [3.8, 4) is 17.2 Å². The van der Waals surface area contributed by atoms with Gasteiger partial charge in [-0.25, -0.2) is 0 Å². The maximum atomic E-state index is 13.1. The van der Waals surface area contributed by atoms with Crippen LogP contribution in [0.1, 0.15) is 85.1 Å². The van der Waals surface area contributed by atoms with Crippen LogP contribution in [0, 0.1) is 25.2 Å². The van der Waals surface area contributed by atoms with Gasteiger partial charge in [0.1, 0.15) is 18.0 Å². The highest BCUT2D eigenvalue weighted by Crippen LogP contribution is 2.43. The van der Waals surface area contributed by atoms with E-state index in [2.05, 4.69) is 26.3 Å². The van der Waals surface area contributed by atoms with E-state index in [0.29, 0.717) is 47.2 Å². The van der Waals surface area contributed by atoms with E-state index in [1.807, 2.05) is 68.5 Å². The van der Waals surface area contributed by atoms with Crippen molar-refractivity contribution in [2.24, 2.45) is 0 Å². The van der Waals surface area contributed by atoms with Crippen LogP contribution in [-0.2, 0) is 6.54 Å². The maximum Gasteiger partial charge on any atom is 0.274 e. The highest BCUT2D eigenvalue weighted by Gasteiger charge is 2.26. The average Bonchev–Trinajstić information content (AvgIpc) is 3.81. The summed E-state index contributed by atoms with van der Waals surface area (Å²) in [6.07, 6.45) is 10.9. The lowest BCUT2D eigenvalue weighted by molar-refractivity contribution is 0.102. The van der Waals surface area contributed by atoms with Crippen molar-refractivity contribution in [3.63, 3.8) is 0 Å². The van der Waals surface area contributed by atoms with E-state index in [1.54, 1.807) is 18.5 Å². The zero-order valence-corrected chi connectivity index (χ0v) is 25.5. The van der Waals surface area contributed by atoms with E-state index < -0.39 is 0 Å². The number of hydrogen-bond acceptors (Lipinski definition) is 7. The third-order valence-corrected chi connectivity index (χ3v) is 8.71. The first kappa shape index (κ1) is 30.1. The Morgan fingerprint density at radius 1 is 1.07 bits per heavy atom. The van der Waals surface area contributed by atoms with Crippen LogP contribution in [0.4, 0.5) is 5.69 Å². The lowest BCUT2D eigenvalue weighted by Gasteiger charge is -2.15. The summed E-state index contributed by atoms with van der Waals surface area (Å²) in [6, 6.07) is 17.4. The molecule has 8 heteroatoms. The third kappa shape index (κ3) is 6.60. The molecule has 1 amide bonds. The molecule has 0 bridgehead atoms. The Morgan fingerprint density at radius 2 is 1.91 bits per heavy atom. The van der Waals surface area contributed by atoms with Gasteiger partial charge in [0.05, 0.1) is 17.4 Å². The number of aromatic nitrogens is 2. The number of likely N-dealkylation sites (tertiary alicyclic amines) is 1. The van der Waals surface area contributed by atoms with Crippen molar-refractivity contribution >= 4 is 30.0 Å². The van der Waals surface area contributed by atoms with Crippen molar-refractivity contribution < 1.29 is 14.7 Å². The second kappa shape index (κ2) is 12.9. The van der Waals surface area contributed by atoms with Crippen LogP contribution in [0.2, 0.25) is 0 Å². The summed E-state index contributed by atoms with van der Waals surface area (Å²) in [7, 11) is 0. The van der Waals surface area contributed by atoms with Crippen molar-refractivity contribution in [1.82, 2.24) is 14.9 Å². The minimum atomic E-state index is -0.320. The molecule has 1 aliphatic carbocycles. The van der Waals surface area contributed by atoms with Crippen LogP contribution >= 0.6 is 0 Å². The van der Waals surface area contributed by atoms with Gasteiger partial charge >= 0.3 is 0 Å². The first-order valence-electron chi connectivity index (χ1n) is 15.3. The SMILES string of the molecule is Cc1cc(/C=C/c2nccc(-c3cccc(NC(=O)c4ccc(CN5CC[C@@H](O)C5)cn4)c3C)c2C#N)c(C2CC2)cc1C=O. The summed E-state index contributed by atoms with van der Waals surface area (Å²) >= 11 is 0. The molecule has 0 unspecified atom stereocenters. The van der Waals surface area contributed by atoms with Crippen molar-refractivity contribution in [1.29, 1.82) is 5.26 Å². The summed E-state index contributed by atoms with van der Waals surface area (Å²) in [6.45, 7) is 6.03. The molecule has 226 valence electrons. The van der Waals surface area contributed by atoms with E-state index in [0.717, 1.165) is 71.0 Å². The normalized spacial score (nSPS) is 16.5. The van der Waals surface area contributed by atoms with Gasteiger partial charge in [0.15, 0.2) is 0 Å². The number of carbonyl (C=O) groups is 2. The second-order valence-corrected chi connectivity index (χ2v) is 12.0. The predicted octanol–water partition coefficient (Wildman–Crippen LogP) is 6.31. The van der Waals surface area contributed by atoms with Gasteiger partial charge in [-0.3, -0.25) is 24.5 Å². The first-order valence-corrected chi connectivity index (χ1v) is 15.3. The number of aliphatic hydroxyl groups excluding tert-OH is 1. The molecule has 4 aromatic rings. The van der Waals surface area contributed by atoms with E-state index in [4.69, 9.17) is 0 Å². The van der Waals surface area contributed by atoms with Crippen LogP contribution in [0.15, 0.2) is 60.9 Å². The lowest BCUT2D eigenvalue weighted by atomic mass is 9.94. The van der Waals surface area contributed by atoms with E-state index in [9.17, 15) is 20.0 Å². The van der Waals surface area contributed by atoms with Crippen molar-refractivity contribution in [2.75, 3.05) is 18.4 Å². The largest absolute Gasteiger partial charge is 0.392 e. The molecular weight excluding hydrogens is 562 g/mol. The highest BCUT2D eigenvalue weighted by atomic mass is 16.3. The number of rotatable bonds is 9. The highest BCUT2D eigenvalue weighted by molar-refractivity contribution is 6.04. The van der Waals surface area contributed by atoms with Crippen LogP contribution in [0.3, 0.4) is 0 Å². The monoisotopic (exact) mass is 597 g/mol. The van der Waals surface area contributed by atoms with Crippen LogP contribution < -0.4 is 5.32 Å². The zero-order valence-electron chi connectivity index (χ0n) is 25.5. The smallest absolute Gasteiger partial charge is 0.274 e. The Hall–Kier alpha value is -4.97. The molecule has 45 heavy (non-hydrogen) atoms. The number of β-amino-alcohol motifs (C(OH)–C–C–N with tert-alkyl or cyclic N) is 1. The van der Waals surface area contributed by atoms with E-state index in [-0.39, 0.29) is 12.0 Å². The topological polar surface area (TPSA) is 119 Å². The van der Waals surface area contributed by atoms with Gasteiger partial charge in [0.2, 0.25) is 0 Å². The fraction of sp³-hybridized carbons (Fsp3) is 0.270. The predicted molar refractivity (Wildman–Crippen MR) is 175 cm³/mol. The van der Waals surface area contributed by atoms with E-state index in [1.165, 1.54) is 0 Å². The number of nitriles is 1. The minimum Gasteiger partial charge on any atom is -0.392 e. The minimum absolute atomic E-state index is 0.279. The van der Waals surface area contributed by atoms with Crippen LogP contribution in [0.25, 0.3) is 23.3 Å². The molecule has 2 aromatic carbocycles. The van der Waals surface area contributed by atoms with Gasteiger partial charge < -0.3 is 10.4 Å². The van der Waals surface area contributed by atoms with Gasteiger partial charge in [-0.2, -0.15) is 5.26 Å². The fourth-order valence-corrected chi connectivity index (χ4v) is 6.01. The van der Waals surface area contributed by atoms with Crippen molar-refractivity contribution in [2.45, 2.75) is 51.7 Å². The number of nitrogens with zero attached hydrogens (tertiary/aromatic N) is 4. The molecule has 3 heterocycles. The Kier molecular flexibility index (Phi) is 8.65. The molecule has 2 aromatic heterocycles. The summed E-state index contributed by atoms with van der Waals surface area (Å²) < 4.78 is 0. The maximum absolute atomic E-state index is 13.1. The quantitative estimate of drug-likeness (QED) is 0.217. The molecule has 2 aliphatic rings. The third-order valence-electron chi connectivity index (χ3n) is 8.71. The Balaban J connectivity index is 1.23. The summed E-state index contributed by atoms with van der Waals surface area (Å²) in [4.78, 5) is 35.8. The van der Waals surface area contributed by atoms with Crippen molar-refractivity contribution in [3.05, 3.63) is 111 Å². The van der Waals surface area contributed by atoms with E-state index >= 15 is 0 Å². The average molecular weight is 598 g/mol. The fourth-order valence-electron chi connectivity index (χ4n) is 6.01.